The highest BCUT2D eigenvalue weighted by Gasteiger charge is 2.19. The van der Waals surface area contributed by atoms with E-state index in [2.05, 4.69) is 45.9 Å². The number of primary amides is 1. The Morgan fingerprint density at radius 3 is 2.38 bits per heavy atom. The van der Waals surface area contributed by atoms with Gasteiger partial charge in [-0.1, -0.05) is 37.6 Å². The zero-order chi connectivity index (χ0) is 12.3. The molecular formula is C14H21NO. The molecule has 2 heteroatoms. The second-order valence-corrected chi connectivity index (χ2v) is 4.88. The molecule has 16 heavy (non-hydrogen) atoms. The molecule has 1 aromatic rings. The summed E-state index contributed by atoms with van der Waals surface area (Å²) in [5.41, 5.74) is 9.06. The van der Waals surface area contributed by atoms with Crippen LogP contribution in [0.15, 0.2) is 18.2 Å². The Morgan fingerprint density at radius 1 is 1.31 bits per heavy atom. The first-order valence-corrected chi connectivity index (χ1v) is 5.77. The van der Waals surface area contributed by atoms with Gasteiger partial charge < -0.3 is 5.73 Å². The summed E-state index contributed by atoms with van der Waals surface area (Å²) in [7, 11) is 0. The van der Waals surface area contributed by atoms with Gasteiger partial charge in [0.2, 0.25) is 5.91 Å². The van der Waals surface area contributed by atoms with Gasteiger partial charge in [-0.05, 0) is 36.8 Å². The lowest BCUT2D eigenvalue weighted by Crippen LogP contribution is -2.19. The number of nitrogens with two attached hydrogens (primary N) is 1. The number of aryl methyl sites for hydroxylation is 2. The average Bonchev–Trinajstić information content (AvgIpc) is 2.14. The van der Waals surface area contributed by atoms with Gasteiger partial charge in [0.25, 0.3) is 0 Å². The van der Waals surface area contributed by atoms with Crippen LogP contribution in [-0.4, -0.2) is 5.91 Å². The molecule has 2 N–H and O–H groups in total. The third kappa shape index (κ3) is 3.09. The van der Waals surface area contributed by atoms with Crippen molar-refractivity contribution in [3.63, 3.8) is 0 Å². The van der Waals surface area contributed by atoms with Crippen LogP contribution in [-0.2, 0) is 4.79 Å². The molecule has 0 saturated heterocycles. The number of hydrogen-bond donors (Lipinski definition) is 1. The fourth-order valence-corrected chi connectivity index (χ4v) is 2.16. The molecule has 1 rings (SSSR count). The highest BCUT2D eigenvalue weighted by Crippen LogP contribution is 2.30. The van der Waals surface area contributed by atoms with Crippen molar-refractivity contribution in [2.45, 2.75) is 40.0 Å². The van der Waals surface area contributed by atoms with Crippen LogP contribution in [0.4, 0.5) is 0 Å². The highest BCUT2D eigenvalue weighted by molar-refractivity contribution is 5.75. The SMILES string of the molecule is Cc1ccc(C(CC(N)=O)C(C)C)c(C)c1. The maximum absolute atomic E-state index is 11.1. The van der Waals surface area contributed by atoms with Crippen molar-refractivity contribution in [1.82, 2.24) is 0 Å². The van der Waals surface area contributed by atoms with E-state index in [0.29, 0.717) is 12.3 Å². The van der Waals surface area contributed by atoms with Gasteiger partial charge in [0.1, 0.15) is 0 Å². The summed E-state index contributed by atoms with van der Waals surface area (Å²) in [6.45, 7) is 8.44. The zero-order valence-electron chi connectivity index (χ0n) is 10.6. The van der Waals surface area contributed by atoms with Crippen molar-refractivity contribution in [2.24, 2.45) is 11.7 Å². The Kier molecular flexibility index (Phi) is 4.11. The number of carbonyl (C=O) groups excluding carboxylic acids is 1. The number of rotatable bonds is 4. The van der Waals surface area contributed by atoms with Crippen LogP contribution >= 0.6 is 0 Å². The molecule has 88 valence electrons. The second-order valence-electron chi connectivity index (χ2n) is 4.88. The minimum Gasteiger partial charge on any atom is -0.370 e. The van der Waals surface area contributed by atoms with Crippen LogP contribution < -0.4 is 5.73 Å². The first kappa shape index (κ1) is 12.8. The Morgan fingerprint density at radius 2 is 1.94 bits per heavy atom. The van der Waals surface area contributed by atoms with Gasteiger partial charge in [-0.25, -0.2) is 0 Å². The van der Waals surface area contributed by atoms with E-state index in [1.807, 2.05) is 0 Å². The third-order valence-electron chi connectivity index (χ3n) is 3.05. The van der Waals surface area contributed by atoms with Crippen molar-refractivity contribution in [3.05, 3.63) is 34.9 Å². The summed E-state index contributed by atoms with van der Waals surface area (Å²) in [5.74, 6) is 0.436. The van der Waals surface area contributed by atoms with Crippen molar-refractivity contribution in [2.75, 3.05) is 0 Å². The van der Waals surface area contributed by atoms with Crippen molar-refractivity contribution < 1.29 is 4.79 Å². The molecule has 0 bridgehead atoms. The molecule has 1 aromatic carbocycles. The van der Waals surface area contributed by atoms with Crippen molar-refractivity contribution >= 4 is 5.91 Å². The topological polar surface area (TPSA) is 43.1 Å². The first-order valence-electron chi connectivity index (χ1n) is 5.77. The molecule has 0 radical (unpaired) electrons. The van der Waals surface area contributed by atoms with E-state index in [-0.39, 0.29) is 11.8 Å². The van der Waals surface area contributed by atoms with Gasteiger partial charge in [0, 0.05) is 6.42 Å². The van der Waals surface area contributed by atoms with Crippen molar-refractivity contribution in [1.29, 1.82) is 0 Å². The van der Waals surface area contributed by atoms with Gasteiger partial charge in [-0.3, -0.25) is 4.79 Å². The maximum atomic E-state index is 11.1. The lowest BCUT2D eigenvalue weighted by molar-refractivity contribution is -0.118. The Bertz CT molecular complexity index is 382. The third-order valence-corrected chi connectivity index (χ3v) is 3.05. The standard InChI is InChI=1S/C14H21NO/c1-9(2)13(8-14(15)16)12-6-5-10(3)7-11(12)4/h5-7,9,13H,8H2,1-4H3,(H2,15,16). The number of carbonyl (C=O) groups is 1. The predicted molar refractivity (Wildman–Crippen MR) is 67.3 cm³/mol. The largest absolute Gasteiger partial charge is 0.370 e. The van der Waals surface area contributed by atoms with Crippen LogP contribution in [0.2, 0.25) is 0 Å². The van der Waals surface area contributed by atoms with Gasteiger partial charge in [0.05, 0.1) is 0 Å². The Balaban J connectivity index is 3.05. The predicted octanol–water partition coefficient (Wildman–Crippen LogP) is 2.92. The summed E-state index contributed by atoms with van der Waals surface area (Å²) in [6.07, 6.45) is 0.432. The molecule has 0 saturated carbocycles. The van der Waals surface area contributed by atoms with E-state index in [9.17, 15) is 4.79 Å². The summed E-state index contributed by atoms with van der Waals surface area (Å²) in [6, 6.07) is 6.38. The average molecular weight is 219 g/mol. The lowest BCUT2D eigenvalue weighted by Gasteiger charge is -2.22. The van der Waals surface area contributed by atoms with Gasteiger partial charge in [-0.2, -0.15) is 0 Å². The van der Waals surface area contributed by atoms with Crippen LogP contribution in [0, 0.1) is 19.8 Å². The first-order chi connectivity index (χ1) is 7.41. The molecule has 0 spiro atoms. The fraction of sp³-hybridized carbons (Fsp3) is 0.500. The minimum atomic E-state index is -0.223. The van der Waals surface area contributed by atoms with E-state index in [1.54, 1.807) is 0 Å². The van der Waals surface area contributed by atoms with E-state index < -0.39 is 0 Å². The lowest BCUT2D eigenvalue weighted by atomic mass is 9.83. The molecular weight excluding hydrogens is 198 g/mol. The molecule has 0 aliphatic carbocycles. The van der Waals surface area contributed by atoms with Crippen molar-refractivity contribution in [3.8, 4) is 0 Å². The van der Waals surface area contributed by atoms with E-state index >= 15 is 0 Å². The summed E-state index contributed by atoms with van der Waals surface area (Å²) >= 11 is 0. The van der Waals surface area contributed by atoms with Crippen LogP contribution in [0.25, 0.3) is 0 Å². The molecule has 1 atom stereocenters. The molecule has 2 nitrogen and oxygen atoms in total. The molecule has 1 amide bonds. The molecule has 0 aliphatic heterocycles. The quantitative estimate of drug-likeness (QED) is 0.831. The smallest absolute Gasteiger partial charge is 0.218 e. The molecule has 0 heterocycles. The van der Waals surface area contributed by atoms with Gasteiger partial charge >= 0.3 is 0 Å². The number of hydrogen-bond acceptors (Lipinski definition) is 1. The van der Waals surface area contributed by atoms with Crippen LogP contribution in [0.1, 0.15) is 42.9 Å². The van der Waals surface area contributed by atoms with Crippen LogP contribution in [0.5, 0.6) is 0 Å². The molecule has 0 fully saturated rings. The molecule has 0 aromatic heterocycles. The summed E-state index contributed by atoms with van der Waals surface area (Å²) in [5, 5.41) is 0. The van der Waals surface area contributed by atoms with Gasteiger partial charge in [-0.15, -0.1) is 0 Å². The fourth-order valence-electron chi connectivity index (χ4n) is 2.16. The number of amides is 1. The maximum Gasteiger partial charge on any atom is 0.218 e. The monoisotopic (exact) mass is 219 g/mol. The number of benzene rings is 1. The Hall–Kier alpha value is -1.31. The van der Waals surface area contributed by atoms with E-state index in [0.717, 1.165) is 0 Å². The summed E-state index contributed by atoms with van der Waals surface area (Å²) < 4.78 is 0. The molecule has 1 unspecified atom stereocenters. The zero-order valence-corrected chi connectivity index (χ0v) is 10.6. The van der Waals surface area contributed by atoms with E-state index in [1.165, 1.54) is 16.7 Å². The summed E-state index contributed by atoms with van der Waals surface area (Å²) in [4.78, 5) is 11.1. The highest BCUT2D eigenvalue weighted by atomic mass is 16.1. The van der Waals surface area contributed by atoms with E-state index in [4.69, 9.17) is 5.73 Å². The van der Waals surface area contributed by atoms with Crippen LogP contribution in [0.3, 0.4) is 0 Å². The minimum absolute atomic E-state index is 0.223. The Labute approximate surface area is 97.9 Å². The molecule has 0 aliphatic rings. The second kappa shape index (κ2) is 5.15. The normalized spacial score (nSPS) is 12.8. The van der Waals surface area contributed by atoms with Gasteiger partial charge in [0.15, 0.2) is 0 Å².